The molecule has 0 heterocycles. The lowest BCUT2D eigenvalue weighted by Crippen LogP contribution is -2.36. The Morgan fingerprint density at radius 3 is 2.00 bits per heavy atom. The highest BCUT2D eigenvalue weighted by Crippen LogP contribution is 2.39. The van der Waals surface area contributed by atoms with Crippen molar-refractivity contribution < 1.29 is 18.7 Å². The highest BCUT2D eigenvalue weighted by atomic mass is 35.5. The van der Waals surface area contributed by atoms with Crippen LogP contribution in [0.15, 0.2) is 30.3 Å². The van der Waals surface area contributed by atoms with Crippen LogP contribution >= 0.6 is 34.8 Å². The summed E-state index contributed by atoms with van der Waals surface area (Å²) in [6.07, 6.45) is -0.225. The molecule has 2 rings (SSSR count). The van der Waals surface area contributed by atoms with Crippen LogP contribution in [-0.2, 0) is 16.6 Å². The maximum absolute atomic E-state index is 13.7. The summed E-state index contributed by atoms with van der Waals surface area (Å²) in [4.78, 5) is 11.9. The van der Waals surface area contributed by atoms with E-state index in [1.165, 1.54) is 0 Å². The second kappa shape index (κ2) is 7.48. The summed E-state index contributed by atoms with van der Waals surface area (Å²) in [5.74, 6) is -4.11. The predicted molar refractivity (Wildman–Crippen MR) is 95.7 cm³/mol. The molecular weight excluding hydrogens is 393 g/mol. The Hall–Kier alpha value is -1.36. The van der Waals surface area contributed by atoms with E-state index in [9.17, 15) is 18.7 Å². The van der Waals surface area contributed by atoms with Gasteiger partial charge in [-0.2, -0.15) is 0 Å². The highest BCUT2D eigenvalue weighted by Gasteiger charge is 2.38. The van der Waals surface area contributed by atoms with Crippen LogP contribution in [0.5, 0.6) is 0 Å². The van der Waals surface area contributed by atoms with Crippen LogP contribution in [0, 0.1) is 17.6 Å². The van der Waals surface area contributed by atoms with E-state index < -0.39 is 28.9 Å². The molecule has 1 N–H and O–H groups in total. The molecule has 0 spiro atoms. The Bertz CT molecular complexity index is 779. The first-order chi connectivity index (χ1) is 11.6. The third-order valence-corrected chi connectivity index (χ3v) is 5.44. The fourth-order valence-corrected chi connectivity index (χ4v) is 3.36. The largest absolute Gasteiger partial charge is 0.481 e. The van der Waals surface area contributed by atoms with E-state index in [4.69, 9.17) is 34.8 Å². The maximum atomic E-state index is 13.7. The molecule has 0 fully saturated rings. The van der Waals surface area contributed by atoms with Crippen LogP contribution in [0.2, 0.25) is 15.1 Å². The SMILES string of the molecule is CC(C)(c1ccc(Cl)cc1)C(Cc1c(Cl)c(F)cc(F)c1Cl)C(=O)O. The van der Waals surface area contributed by atoms with Crippen molar-refractivity contribution >= 4 is 40.8 Å². The van der Waals surface area contributed by atoms with Gasteiger partial charge in [-0.1, -0.05) is 60.8 Å². The Morgan fingerprint density at radius 1 is 1.08 bits per heavy atom. The molecule has 0 bridgehead atoms. The quantitative estimate of drug-likeness (QED) is 0.604. The molecule has 1 unspecified atom stereocenters. The minimum absolute atomic E-state index is 0.0599. The van der Waals surface area contributed by atoms with Crippen LogP contribution in [0.3, 0.4) is 0 Å². The number of rotatable bonds is 5. The van der Waals surface area contributed by atoms with Crippen molar-refractivity contribution in [3.8, 4) is 0 Å². The summed E-state index contributed by atoms with van der Waals surface area (Å²) < 4.78 is 27.5. The molecule has 0 saturated heterocycles. The van der Waals surface area contributed by atoms with Gasteiger partial charge in [0, 0.05) is 16.5 Å². The number of hydrogen-bond donors (Lipinski definition) is 1. The second-order valence-corrected chi connectivity index (χ2v) is 7.46. The fourth-order valence-electron chi connectivity index (χ4n) is 2.74. The van der Waals surface area contributed by atoms with Gasteiger partial charge in [0.25, 0.3) is 0 Å². The average molecular weight is 408 g/mol. The van der Waals surface area contributed by atoms with E-state index in [-0.39, 0.29) is 22.0 Å². The lowest BCUT2D eigenvalue weighted by atomic mass is 9.71. The number of carboxylic acids is 1. The Kier molecular flexibility index (Phi) is 5.97. The van der Waals surface area contributed by atoms with Crippen LogP contribution in [0.4, 0.5) is 8.78 Å². The molecule has 7 heteroatoms. The number of hydrogen-bond acceptors (Lipinski definition) is 1. The zero-order valence-electron chi connectivity index (χ0n) is 13.4. The molecule has 0 radical (unpaired) electrons. The van der Waals surface area contributed by atoms with Crippen molar-refractivity contribution in [3.05, 3.63) is 68.2 Å². The van der Waals surface area contributed by atoms with Crippen LogP contribution < -0.4 is 0 Å². The molecule has 0 amide bonds. The van der Waals surface area contributed by atoms with Gasteiger partial charge < -0.3 is 5.11 Å². The van der Waals surface area contributed by atoms with Gasteiger partial charge in [0.05, 0.1) is 16.0 Å². The molecule has 2 nitrogen and oxygen atoms in total. The summed E-state index contributed by atoms with van der Waals surface area (Å²) in [6, 6.07) is 7.31. The van der Waals surface area contributed by atoms with Gasteiger partial charge in [0.15, 0.2) is 0 Å². The molecule has 0 aliphatic heterocycles. The zero-order chi connectivity index (χ0) is 18.9. The molecular formula is C18H15Cl3F2O2. The molecule has 0 aliphatic carbocycles. The number of carboxylic acid groups (broad SMARTS) is 1. The minimum Gasteiger partial charge on any atom is -0.481 e. The van der Waals surface area contributed by atoms with Crippen LogP contribution in [0.25, 0.3) is 0 Å². The molecule has 134 valence electrons. The first kappa shape index (κ1) is 20.0. The third-order valence-electron chi connectivity index (χ3n) is 4.37. The molecule has 0 aliphatic rings. The van der Waals surface area contributed by atoms with Crippen LogP contribution in [0.1, 0.15) is 25.0 Å². The topological polar surface area (TPSA) is 37.3 Å². The fraction of sp³-hybridized carbons (Fsp3) is 0.278. The lowest BCUT2D eigenvalue weighted by molar-refractivity contribution is -0.144. The van der Waals surface area contributed by atoms with Gasteiger partial charge in [0.2, 0.25) is 0 Å². The molecule has 1 atom stereocenters. The Labute approximate surface area is 159 Å². The molecule has 25 heavy (non-hydrogen) atoms. The van der Waals surface area contributed by atoms with Crippen molar-refractivity contribution in [2.24, 2.45) is 5.92 Å². The van der Waals surface area contributed by atoms with Crippen LogP contribution in [-0.4, -0.2) is 11.1 Å². The van der Waals surface area contributed by atoms with Crippen molar-refractivity contribution in [3.63, 3.8) is 0 Å². The zero-order valence-corrected chi connectivity index (χ0v) is 15.7. The first-order valence-corrected chi connectivity index (χ1v) is 8.49. The summed E-state index contributed by atoms with van der Waals surface area (Å²) >= 11 is 17.7. The lowest BCUT2D eigenvalue weighted by Gasteiger charge is -2.32. The predicted octanol–water partition coefficient (Wildman–Crippen LogP) is 6.15. The summed E-state index contributed by atoms with van der Waals surface area (Å²) in [7, 11) is 0. The highest BCUT2D eigenvalue weighted by molar-refractivity contribution is 6.36. The number of aliphatic carboxylic acids is 1. The monoisotopic (exact) mass is 406 g/mol. The van der Waals surface area contributed by atoms with E-state index in [1.807, 2.05) is 0 Å². The van der Waals surface area contributed by atoms with Gasteiger partial charge in [-0.15, -0.1) is 0 Å². The number of halogens is 5. The van der Waals surface area contributed by atoms with Gasteiger partial charge in [-0.25, -0.2) is 8.78 Å². The normalized spacial score (nSPS) is 12.9. The molecule has 2 aromatic rings. The van der Waals surface area contributed by atoms with Gasteiger partial charge in [0.1, 0.15) is 11.6 Å². The Balaban J connectivity index is 2.50. The number of carbonyl (C=O) groups is 1. The van der Waals surface area contributed by atoms with E-state index in [0.717, 1.165) is 0 Å². The van der Waals surface area contributed by atoms with E-state index in [2.05, 4.69) is 0 Å². The van der Waals surface area contributed by atoms with Crippen molar-refractivity contribution in [1.29, 1.82) is 0 Å². The number of benzene rings is 2. The summed E-state index contributed by atoms with van der Waals surface area (Å²) in [5, 5.41) is 9.48. The van der Waals surface area contributed by atoms with Crippen molar-refractivity contribution in [1.82, 2.24) is 0 Å². The van der Waals surface area contributed by atoms with Gasteiger partial charge in [-0.05, 0) is 29.7 Å². The first-order valence-electron chi connectivity index (χ1n) is 7.36. The minimum atomic E-state index is -1.13. The van der Waals surface area contributed by atoms with Crippen molar-refractivity contribution in [2.45, 2.75) is 25.7 Å². The van der Waals surface area contributed by atoms with E-state index in [1.54, 1.807) is 38.1 Å². The molecule has 2 aromatic carbocycles. The van der Waals surface area contributed by atoms with Gasteiger partial charge >= 0.3 is 5.97 Å². The van der Waals surface area contributed by atoms with Crippen molar-refractivity contribution in [2.75, 3.05) is 0 Å². The maximum Gasteiger partial charge on any atom is 0.307 e. The van der Waals surface area contributed by atoms with E-state index in [0.29, 0.717) is 16.7 Å². The standard InChI is InChI=1S/C18H15Cl3F2O2/c1-18(2,9-3-5-10(19)6-4-9)12(17(24)25)7-11-15(20)13(22)8-14(23)16(11)21/h3-6,8,12H,7H2,1-2H3,(H,24,25). The smallest absolute Gasteiger partial charge is 0.307 e. The second-order valence-electron chi connectivity index (χ2n) is 6.27. The molecule has 0 saturated carbocycles. The molecule has 0 aromatic heterocycles. The summed E-state index contributed by atoms with van der Waals surface area (Å²) in [5.41, 5.74) is -0.213. The summed E-state index contributed by atoms with van der Waals surface area (Å²) in [6.45, 7) is 3.46. The Morgan fingerprint density at radius 2 is 1.56 bits per heavy atom. The van der Waals surface area contributed by atoms with Gasteiger partial charge in [-0.3, -0.25) is 4.79 Å². The third kappa shape index (κ3) is 4.08. The van der Waals surface area contributed by atoms with E-state index >= 15 is 0 Å². The average Bonchev–Trinajstić information content (AvgIpc) is 2.53.